The molecule has 0 amide bonds. The second-order valence-corrected chi connectivity index (χ2v) is 6.82. The Kier molecular flexibility index (Phi) is 4.38. The Hall–Kier alpha value is -1.23. The van der Waals surface area contributed by atoms with Crippen molar-refractivity contribution < 1.29 is 9.50 Å². The van der Waals surface area contributed by atoms with Gasteiger partial charge in [0.15, 0.2) is 0 Å². The molecule has 0 bridgehead atoms. The molecule has 1 aliphatic rings. The third-order valence-corrected chi connectivity index (χ3v) is 5.15. The highest BCUT2D eigenvalue weighted by Crippen LogP contribution is 2.47. The van der Waals surface area contributed by atoms with E-state index >= 15 is 0 Å². The molecule has 0 unspecified atom stereocenters. The van der Waals surface area contributed by atoms with Crippen molar-refractivity contribution in [2.45, 2.75) is 25.8 Å². The summed E-state index contributed by atoms with van der Waals surface area (Å²) in [7, 11) is 0. The van der Waals surface area contributed by atoms with E-state index in [0.29, 0.717) is 11.0 Å². The van der Waals surface area contributed by atoms with Crippen LogP contribution in [0.4, 0.5) is 4.39 Å². The van der Waals surface area contributed by atoms with Crippen molar-refractivity contribution in [1.82, 2.24) is 5.32 Å². The molecule has 1 saturated carbocycles. The molecule has 2 aromatic rings. The summed E-state index contributed by atoms with van der Waals surface area (Å²) in [6, 6.07) is 9.20. The lowest BCUT2D eigenvalue weighted by Gasteiger charge is -2.15. The number of benzene rings is 1. The van der Waals surface area contributed by atoms with Crippen LogP contribution in [0.2, 0.25) is 0 Å². The zero-order valence-corrected chi connectivity index (χ0v) is 12.8. The third kappa shape index (κ3) is 3.51. The quantitative estimate of drug-likeness (QED) is 0.815. The SMILES string of the molecule is OCCC1(CNCc2ccc(F)c(-c3cccs3)c2)CC1. The maximum atomic E-state index is 13.9. The van der Waals surface area contributed by atoms with Gasteiger partial charge in [-0.25, -0.2) is 4.39 Å². The van der Waals surface area contributed by atoms with Crippen molar-refractivity contribution in [2.24, 2.45) is 5.41 Å². The van der Waals surface area contributed by atoms with Gasteiger partial charge in [0, 0.05) is 30.1 Å². The molecule has 112 valence electrons. The average Bonchev–Trinajstić information content (AvgIpc) is 3.03. The van der Waals surface area contributed by atoms with Gasteiger partial charge in [0.05, 0.1) is 0 Å². The van der Waals surface area contributed by atoms with Crippen LogP contribution in [0.3, 0.4) is 0 Å². The highest BCUT2D eigenvalue weighted by Gasteiger charge is 2.41. The van der Waals surface area contributed by atoms with Gasteiger partial charge in [-0.05, 0) is 53.8 Å². The molecule has 1 fully saturated rings. The van der Waals surface area contributed by atoms with Gasteiger partial charge >= 0.3 is 0 Å². The van der Waals surface area contributed by atoms with Crippen molar-refractivity contribution in [3.8, 4) is 10.4 Å². The Bertz CT molecular complexity index is 593. The first-order valence-electron chi connectivity index (χ1n) is 7.36. The summed E-state index contributed by atoms with van der Waals surface area (Å²) in [5, 5.41) is 14.5. The number of hydrogen-bond donors (Lipinski definition) is 2. The van der Waals surface area contributed by atoms with Crippen LogP contribution in [0.15, 0.2) is 35.7 Å². The van der Waals surface area contributed by atoms with Crippen molar-refractivity contribution in [3.63, 3.8) is 0 Å². The molecule has 1 aliphatic carbocycles. The Morgan fingerprint density at radius 2 is 2.14 bits per heavy atom. The predicted molar refractivity (Wildman–Crippen MR) is 84.8 cm³/mol. The summed E-state index contributed by atoms with van der Waals surface area (Å²) in [5.74, 6) is -0.167. The molecule has 0 radical (unpaired) electrons. The maximum Gasteiger partial charge on any atom is 0.131 e. The van der Waals surface area contributed by atoms with E-state index in [1.54, 1.807) is 17.4 Å². The molecule has 0 atom stereocenters. The van der Waals surface area contributed by atoms with Crippen molar-refractivity contribution >= 4 is 11.3 Å². The van der Waals surface area contributed by atoms with Gasteiger partial charge in [0.1, 0.15) is 5.82 Å². The Balaban J connectivity index is 1.63. The minimum absolute atomic E-state index is 0.167. The predicted octanol–water partition coefficient (Wildman–Crippen LogP) is 3.81. The molecule has 0 saturated heterocycles. The van der Waals surface area contributed by atoms with Crippen LogP contribution in [0.25, 0.3) is 10.4 Å². The normalized spacial score (nSPS) is 16.1. The first kappa shape index (κ1) is 14.7. The topological polar surface area (TPSA) is 32.3 Å². The fourth-order valence-corrected chi connectivity index (χ4v) is 3.45. The zero-order valence-electron chi connectivity index (χ0n) is 11.9. The van der Waals surface area contributed by atoms with Crippen LogP contribution in [-0.2, 0) is 6.54 Å². The van der Waals surface area contributed by atoms with Crippen LogP contribution in [0.1, 0.15) is 24.8 Å². The first-order chi connectivity index (χ1) is 10.2. The van der Waals surface area contributed by atoms with E-state index in [2.05, 4.69) is 5.32 Å². The van der Waals surface area contributed by atoms with Crippen LogP contribution < -0.4 is 5.32 Å². The Morgan fingerprint density at radius 3 is 2.81 bits per heavy atom. The molecule has 0 spiro atoms. The zero-order chi connectivity index (χ0) is 14.7. The van der Waals surface area contributed by atoms with Gasteiger partial charge < -0.3 is 10.4 Å². The van der Waals surface area contributed by atoms with Crippen molar-refractivity contribution in [2.75, 3.05) is 13.2 Å². The van der Waals surface area contributed by atoms with Crippen molar-refractivity contribution in [3.05, 3.63) is 47.1 Å². The summed E-state index contributed by atoms with van der Waals surface area (Å²) < 4.78 is 13.9. The average molecular weight is 305 g/mol. The highest BCUT2D eigenvalue weighted by molar-refractivity contribution is 7.13. The largest absolute Gasteiger partial charge is 0.396 e. The van der Waals surface area contributed by atoms with E-state index < -0.39 is 0 Å². The minimum Gasteiger partial charge on any atom is -0.396 e. The fourth-order valence-electron chi connectivity index (χ4n) is 2.70. The van der Waals surface area contributed by atoms with E-state index in [9.17, 15) is 4.39 Å². The van der Waals surface area contributed by atoms with Gasteiger partial charge in [-0.2, -0.15) is 0 Å². The number of aliphatic hydroxyl groups is 1. The van der Waals surface area contributed by atoms with Crippen molar-refractivity contribution in [1.29, 1.82) is 0 Å². The van der Waals surface area contributed by atoms with Gasteiger partial charge in [-0.3, -0.25) is 0 Å². The maximum absolute atomic E-state index is 13.9. The highest BCUT2D eigenvalue weighted by atomic mass is 32.1. The van der Waals surface area contributed by atoms with E-state index in [1.807, 2.05) is 29.6 Å². The molecule has 1 aromatic heterocycles. The van der Waals surface area contributed by atoms with Crippen LogP contribution >= 0.6 is 11.3 Å². The first-order valence-corrected chi connectivity index (χ1v) is 8.24. The van der Waals surface area contributed by atoms with E-state index in [4.69, 9.17) is 5.11 Å². The number of halogens is 1. The third-order valence-electron chi connectivity index (χ3n) is 4.25. The standard InChI is InChI=1S/C17H20FNOS/c18-15-4-3-13(10-14(15)16-2-1-9-21-16)11-19-12-17(5-6-17)7-8-20/h1-4,9-10,19-20H,5-8,11-12H2. The summed E-state index contributed by atoms with van der Waals surface area (Å²) in [6.07, 6.45) is 3.28. The molecule has 2 nitrogen and oxygen atoms in total. The van der Waals surface area contributed by atoms with Crippen LogP contribution in [0.5, 0.6) is 0 Å². The van der Waals surface area contributed by atoms with Gasteiger partial charge in [-0.1, -0.05) is 12.1 Å². The summed E-state index contributed by atoms with van der Waals surface area (Å²) in [5.41, 5.74) is 2.09. The summed E-state index contributed by atoms with van der Waals surface area (Å²) in [6.45, 7) is 1.94. The number of hydrogen-bond acceptors (Lipinski definition) is 3. The molecule has 2 N–H and O–H groups in total. The molecule has 0 aliphatic heterocycles. The van der Waals surface area contributed by atoms with E-state index in [1.165, 1.54) is 12.8 Å². The van der Waals surface area contributed by atoms with E-state index in [-0.39, 0.29) is 12.4 Å². The molecule has 1 aromatic carbocycles. The summed E-state index contributed by atoms with van der Waals surface area (Å²) in [4.78, 5) is 0.966. The monoisotopic (exact) mass is 305 g/mol. The van der Waals surface area contributed by atoms with Gasteiger partial charge in [-0.15, -0.1) is 11.3 Å². The van der Waals surface area contributed by atoms with Gasteiger partial charge in [0.2, 0.25) is 0 Å². The Labute approximate surface area is 128 Å². The summed E-state index contributed by atoms with van der Waals surface area (Å²) >= 11 is 1.56. The molecule has 4 heteroatoms. The fraction of sp³-hybridized carbons (Fsp3) is 0.412. The van der Waals surface area contributed by atoms with Gasteiger partial charge in [0.25, 0.3) is 0 Å². The van der Waals surface area contributed by atoms with Crippen LogP contribution in [-0.4, -0.2) is 18.3 Å². The lowest BCUT2D eigenvalue weighted by atomic mass is 10.0. The number of aliphatic hydroxyl groups excluding tert-OH is 1. The number of rotatable bonds is 7. The Morgan fingerprint density at radius 1 is 1.29 bits per heavy atom. The number of thiophene rings is 1. The minimum atomic E-state index is -0.167. The molecule has 21 heavy (non-hydrogen) atoms. The molecule has 3 rings (SSSR count). The lowest BCUT2D eigenvalue weighted by molar-refractivity contribution is 0.245. The lowest BCUT2D eigenvalue weighted by Crippen LogP contribution is -2.24. The smallest absolute Gasteiger partial charge is 0.131 e. The van der Waals surface area contributed by atoms with E-state index in [0.717, 1.165) is 30.0 Å². The molecular formula is C17H20FNOS. The molecular weight excluding hydrogens is 285 g/mol. The number of nitrogens with one attached hydrogen (secondary N) is 1. The van der Waals surface area contributed by atoms with Crippen LogP contribution in [0, 0.1) is 11.2 Å². The molecule has 1 heterocycles. The second kappa shape index (κ2) is 6.26. The second-order valence-electron chi connectivity index (χ2n) is 5.87.